The topological polar surface area (TPSA) is 46.4 Å². The number of carbonyl (C=O) groups excluding carboxylic acids is 1. The summed E-state index contributed by atoms with van der Waals surface area (Å²) >= 11 is 0. The molecular formula is C18H17N3O. The molecule has 0 atom stereocenters. The molecule has 4 rings (SSSR count). The summed E-state index contributed by atoms with van der Waals surface area (Å²) in [4.78, 5) is 16.2. The second kappa shape index (κ2) is 4.70. The lowest BCUT2D eigenvalue weighted by atomic mass is 9.99. The van der Waals surface area contributed by atoms with Crippen LogP contribution >= 0.6 is 0 Å². The van der Waals surface area contributed by atoms with E-state index < -0.39 is 0 Å². The average molecular weight is 291 g/mol. The minimum atomic E-state index is 0.0969. The minimum absolute atomic E-state index is 0.0969. The van der Waals surface area contributed by atoms with Crippen molar-refractivity contribution in [2.45, 2.75) is 26.7 Å². The monoisotopic (exact) mass is 291 g/mol. The predicted molar refractivity (Wildman–Crippen MR) is 87.1 cm³/mol. The van der Waals surface area contributed by atoms with E-state index in [4.69, 9.17) is 4.98 Å². The predicted octanol–water partition coefficient (Wildman–Crippen LogP) is 3.50. The number of fused-ring (bicyclic) bond motifs is 2. The summed E-state index contributed by atoms with van der Waals surface area (Å²) in [6, 6.07) is 10.3. The summed E-state index contributed by atoms with van der Waals surface area (Å²) in [5.41, 5.74) is 7.53. The van der Waals surface area contributed by atoms with Crippen molar-refractivity contribution in [3.05, 3.63) is 53.3 Å². The number of hydrogen-bond acceptors (Lipinski definition) is 2. The van der Waals surface area contributed by atoms with Gasteiger partial charge in [0.2, 0.25) is 5.91 Å². The summed E-state index contributed by atoms with van der Waals surface area (Å²) in [6.07, 6.45) is 3.41. The van der Waals surface area contributed by atoms with E-state index in [2.05, 4.69) is 48.0 Å². The zero-order valence-corrected chi connectivity index (χ0v) is 12.7. The molecule has 0 fully saturated rings. The summed E-state index contributed by atoms with van der Waals surface area (Å²) in [5, 5.41) is 2.92. The van der Waals surface area contributed by atoms with Crippen LogP contribution in [0, 0.1) is 13.8 Å². The maximum atomic E-state index is 11.5. The largest absolute Gasteiger partial charge is 0.326 e. The highest BCUT2D eigenvalue weighted by atomic mass is 16.1. The zero-order valence-electron chi connectivity index (χ0n) is 12.7. The van der Waals surface area contributed by atoms with E-state index in [1.165, 1.54) is 11.1 Å². The fourth-order valence-corrected chi connectivity index (χ4v) is 3.07. The van der Waals surface area contributed by atoms with Gasteiger partial charge in [-0.05, 0) is 55.7 Å². The molecule has 1 aliphatic heterocycles. The van der Waals surface area contributed by atoms with Crippen LogP contribution in [-0.4, -0.2) is 15.3 Å². The van der Waals surface area contributed by atoms with Gasteiger partial charge in [0, 0.05) is 29.6 Å². The summed E-state index contributed by atoms with van der Waals surface area (Å²) < 4.78 is 2.11. The Hall–Kier alpha value is -2.62. The average Bonchev–Trinajstić information content (AvgIpc) is 2.83. The second-order valence-corrected chi connectivity index (χ2v) is 5.90. The Morgan fingerprint density at radius 2 is 2.00 bits per heavy atom. The highest BCUT2D eigenvalue weighted by molar-refractivity contribution is 5.94. The van der Waals surface area contributed by atoms with Gasteiger partial charge in [-0.3, -0.25) is 4.79 Å². The Morgan fingerprint density at radius 1 is 1.14 bits per heavy atom. The molecule has 0 saturated heterocycles. The van der Waals surface area contributed by atoms with Gasteiger partial charge in [0.1, 0.15) is 5.65 Å². The molecular weight excluding hydrogens is 274 g/mol. The van der Waals surface area contributed by atoms with Crippen LogP contribution in [0.25, 0.3) is 16.9 Å². The number of benzene rings is 1. The molecule has 1 aromatic carbocycles. The molecule has 1 aliphatic rings. The first-order valence-corrected chi connectivity index (χ1v) is 7.50. The van der Waals surface area contributed by atoms with E-state index in [0.29, 0.717) is 6.42 Å². The molecule has 3 aromatic rings. The molecule has 0 aliphatic carbocycles. The van der Waals surface area contributed by atoms with Crippen molar-refractivity contribution in [3.8, 4) is 11.3 Å². The lowest BCUT2D eigenvalue weighted by Crippen LogP contribution is -2.18. The maximum Gasteiger partial charge on any atom is 0.224 e. The first kappa shape index (κ1) is 13.1. The van der Waals surface area contributed by atoms with E-state index in [-0.39, 0.29) is 5.91 Å². The summed E-state index contributed by atoms with van der Waals surface area (Å²) in [5.74, 6) is 0.0969. The number of amides is 1. The van der Waals surface area contributed by atoms with Gasteiger partial charge in [0.05, 0.1) is 5.69 Å². The molecule has 0 radical (unpaired) electrons. The first-order chi connectivity index (χ1) is 10.6. The van der Waals surface area contributed by atoms with Gasteiger partial charge >= 0.3 is 0 Å². The lowest BCUT2D eigenvalue weighted by molar-refractivity contribution is -0.116. The van der Waals surface area contributed by atoms with E-state index >= 15 is 0 Å². The minimum Gasteiger partial charge on any atom is -0.326 e. The Kier molecular flexibility index (Phi) is 2.79. The standard InChI is InChI=1S/C18H17N3O/c1-11-7-8-21-12(2)18(20-16(21)9-11)14-3-5-15-13(10-14)4-6-17(22)19-15/h3,5,7-10H,4,6H2,1-2H3,(H,19,22). The Bertz CT molecular complexity index is 908. The molecule has 4 heteroatoms. The summed E-state index contributed by atoms with van der Waals surface area (Å²) in [7, 11) is 0. The van der Waals surface area contributed by atoms with Crippen LogP contribution in [-0.2, 0) is 11.2 Å². The molecule has 1 amide bonds. The van der Waals surface area contributed by atoms with Crippen molar-refractivity contribution in [1.29, 1.82) is 0 Å². The normalized spacial score (nSPS) is 14.0. The van der Waals surface area contributed by atoms with Crippen molar-refractivity contribution >= 4 is 17.2 Å². The van der Waals surface area contributed by atoms with Gasteiger partial charge in [-0.15, -0.1) is 0 Å². The zero-order chi connectivity index (χ0) is 15.3. The van der Waals surface area contributed by atoms with Gasteiger partial charge < -0.3 is 9.72 Å². The van der Waals surface area contributed by atoms with E-state index in [1.807, 2.05) is 12.1 Å². The highest BCUT2D eigenvalue weighted by Crippen LogP contribution is 2.30. The molecule has 0 bridgehead atoms. The Balaban J connectivity index is 1.85. The smallest absolute Gasteiger partial charge is 0.224 e. The first-order valence-electron chi connectivity index (χ1n) is 7.50. The molecule has 4 nitrogen and oxygen atoms in total. The molecule has 3 heterocycles. The molecule has 0 unspecified atom stereocenters. The fourth-order valence-electron chi connectivity index (χ4n) is 3.07. The van der Waals surface area contributed by atoms with E-state index in [1.54, 1.807) is 0 Å². The number of imidazole rings is 1. The molecule has 1 N–H and O–H groups in total. The number of carbonyl (C=O) groups is 1. The number of rotatable bonds is 1. The van der Waals surface area contributed by atoms with Crippen LogP contribution in [0.1, 0.15) is 23.2 Å². The van der Waals surface area contributed by atoms with E-state index in [0.717, 1.165) is 34.7 Å². The molecule has 110 valence electrons. The molecule has 0 spiro atoms. The van der Waals surface area contributed by atoms with Crippen molar-refractivity contribution in [2.75, 3.05) is 5.32 Å². The maximum absolute atomic E-state index is 11.5. The van der Waals surface area contributed by atoms with Crippen molar-refractivity contribution in [2.24, 2.45) is 0 Å². The van der Waals surface area contributed by atoms with Gasteiger partial charge in [0.25, 0.3) is 0 Å². The van der Waals surface area contributed by atoms with Crippen LogP contribution in [0.15, 0.2) is 36.5 Å². The van der Waals surface area contributed by atoms with Gasteiger partial charge in [-0.2, -0.15) is 0 Å². The van der Waals surface area contributed by atoms with Crippen molar-refractivity contribution in [3.63, 3.8) is 0 Å². The van der Waals surface area contributed by atoms with Crippen LogP contribution in [0.5, 0.6) is 0 Å². The van der Waals surface area contributed by atoms with Crippen molar-refractivity contribution < 1.29 is 4.79 Å². The summed E-state index contributed by atoms with van der Waals surface area (Å²) in [6.45, 7) is 4.16. The SMILES string of the molecule is Cc1ccn2c(C)c(-c3ccc4c(c3)CCC(=O)N4)nc2c1. The van der Waals surface area contributed by atoms with Gasteiger partial charge in [0.15, 0.2) is 0 Å². The Morgan fingerprint density at radius 3 is 2.86 bits per heavy atom. The van der Waals surface area contributed by atoms with Gasteiger partial charge in [-0.1, -0.05) is 6.07 Å². The van der Waals surface area contributed by atoms with Crippen LogP contribution < -0.4 is 5.32 Å². The van der Waals surface area contributed by atoms with E-state index in [9.17, 15) is 4.79 Å². The van der Waals surface area contributed by atoms with Crippen LogP contribution in [0.3, 0.4) is 0 Å². The lowest BCUT2D eigenvalue weighted by Gasteiger charge is -2.17. The fraction of sp³-hybridized carbons (Fsp3) is 0.222. The number of hydrogen-bond donors (Lipinski definition) is 1. The third kappa shape index (κ3) is 1.99. The third-order valence-corrected chi connectivity index (χ3v) is 4.29. The molecule has 22 heavy (non-hydrogen) atoms. The number of nitrogens with one attached hydrogen (secondary N) is 1. The number of anilines is 1. The van der Waals surface area contributed by atoms with Crippen LogP contribution in [0.2, 0.25) is 0 Å². The third-order valence-electron chi connectivity index (χ3n) is 4.29. The Labute approximate surface area is 128 Å². The quantitative estimate of drug-likeness (QED) is 0.746. The number of nitrogens with zero attached hydrogens (tertiary/aromatic N) is 2. The van der Waals surface area contributed by atoms with Crippen molar-refractivity contribution in [1.82, 2.24) is 9.38 Å². The molecule has 0 saturated carbocycles. The van der Waals surface area contributed by atoms with Crippen LogP contribution in [0.4, 0.5) is 5.69 Å². The van der Waals surface area contributed by atoms with Gasteiger partial charge in [-0.25, -0.2) is 4.98 Å². The molecule has 2 aromatic heterocycles. The highest BCUT2D eigenvalue weighted by Gasteiger charge is 2.17. The number of pyridine rings is 1. The number of aromatic nitrogens is 2. The number of aryl methyl sites for hydroxylation is 3. The second-order valence-electron chi connectivity index (χ2n) is 5.90.